The molecule has 0 aliphatic rings. The first kappa shape index (κ1) is 19.3. The number of nitriles is 2. The fourth-order valence-corrected chi connectivity index (χ4v) is 1.85. The number of hydrogen-bond acceptors (Lipinski definition) is 5. The van der Waals surface area contributed by atoms with Crippen molar-refractivity contribution in [3.63, 3.8) is 0 Å². The number of halogens is 1. The summed E-state index contributed by atoms with van der Waals surface area (Å²) >= 11 is 5.61. The van der Waals surface area contributed by atoms with Crippen molar-refractivity contribution in [3.8, 4) is 23.6 Å². The Hall–Kier alpha value is -2.73. The summed E-state index contributed by atoms with van der Waals surface area (Å²) in [6.07, 6.45) is 0. The normalized spacial score (nSPS) is 9.00. The van der Waals surface area contributed by atoms with Crippen LogP contribution < -0.4 is 9.47 Å². The predicted octanol–water partition coefficient (Wildman–Crippen LogP) is 3.41. The third-order valence-corrected chi connectivity index (χ3v) is 3.05. The topological polar surface area (TPSA) is 86.3 Å². The van der Waals surface area contributed by atoms with Gasteiger partial charge in [0.25, 0.3) is 0 Å². The van der Waals surface area contributed by atoms with Crippen molar-refractivity contribution < 1.29 is 14.6 Å². The maximum atomic E-state index is 8.77. The van der Waals surface area contributed by atoms with Gasteiger partial charge >= 0.3 is 0 Å². The number of benzene rings is 2. The summed E-state index contributed by atoms with van der Waals surface area (Å²) in [5, 5.41) is 25.2. The molecule has 0 fully saturated rings. The highest BCUT2D eigenvalue weighted by Crippen LogP contribution is 2.14. The second kappa shape index (κ2) is 11.8. The van der Waals surface area contributed by atoms with Gasteiger partial charge in [0.2, 0.25) is 0 Å². The van der Waals surface area contributed by atoms with Crippen molar-refractivity contribution in [2.75, 3.05) is 13.2 Å². The summed E-state index contributed by atoms with van der Waals surface area (Å²) in [5.74, 6) is 1.77. The third kappa shape index (κ3) is 7.51. The van der Waals surface area contributed by atoms with Crippen LogP contribution in [0.25, 0.3) is 0 Å². The van der Waals surface area contributed by atoms with Crippen LogP contribution >= 0.6 is 11.6 Å². The molecule has 0 unspecified atom stereocenters. The zero-order valence-electron chi connectivity index (χ0n) is 13.0. The van der Waals surface area contributed by atoms with Gasteiger partial charge < -0.3 is 14.6 Å². The second-order valence-corrected chi connectivity index (χ2v) is 4.75. The number of aliphatic hydroxyl groups excluding tert-OH is 1. The molecule has 6 heteroatoms. The van der Waals surface area contributed by atoms with Gasteiger partial charge in [-0.25, -0.2) is 0 Å². The Morgan fingerprint density at radius 2 is 1.38 bits per heavy atom. The zero-order valence-corrected chi connectivity index (χ0v) is 13.7. The molecule has 0 bridgehead atoms. The van der Waals surface area contributed by atoms with E-state index in [9.17, 15) is 0 Å². The third-order valence-electron chi connectivity index (χ3n) is 2.74. The molecule has 0 aliphatic heterocycles. The highest BCUT2D eigenvalue weighted by Gasteiger charge is 1.95. The first-order valence-electron chi connectivity index (χ1n) is 7.07. The number of hydrogen-bond donors (Lipinski definition) is 1. The van der Waals surface area contributed by atoms with E-state index in [2.05, 4.69) is 0 Å². The molecule has 0 atom stereocenters. The van der Waals surface area contributed by atoms with Crippen molar-refractivity contribution in [2.24, 2.45) is 0 Å². The molecule has 124 valence electrons. The fraction of sp³-hybridized carbons (Fsp3) is 0.222. The maximum Gasteiger partial charge on any atom is 0.174 e. The number of rotatable bonds is 6. The van der Waals surface area contributed by atoms with Gasteiger partial charge in [0.05, 0.1) is 6.61 Å². The van der Waals surface area contributed by atoms with E-state index in [1.165, 1.54) is 0 Å². The monoisotopic (exact) mass is 344 g/mol. The largest absolute Gasteiger partial charge is 0.479 e. The Morgan fingerprint density at radius 1 is 0.875 bits per heavy atom. The van der Waals surface area contributed by atoms with Crippen LogP contribution in [-0.4, -0.2) is 18.3 Å². The molecule has 2 aromatic carbocycles. The number of alkyl halides is 1. The molecule has 0 aliphatic carbocycles. The van der Waals surface area contributed by atoms with E-state index >= 15 is 0 Å². The molecule has 0 spiro atoms. The average molecular weight is 345 g/mol. The van der Waals surface area contributed by atoms with Gasteiger partial charge in [0, 0.05) is 5.88 Å². The zero-order chi connectivity index (χ0) is 17.6. The predicted molar refractivity (Wildman–Crippen MR) is 90.6 cm³/mol. The van der Waals surface area contributed by atoms with Crippen LogP contribution in [-0.2, 0) is 12.5 Å². The number of aliphatic hydroxyl groups is 1. The highest BCUT2D eigenvalue weighted by molar-refractivity contribution is 6.17. The first-order chi connectivity index (χ1) is 11.7. The number of ether oxygens (including phenoxy) is 2. The lowest BCUT2D eigenvalue weighted by Gasteiger charge is -2.02. The molecule has 2 aromatic rings. The molecule has 2 rings (SSSR count). The smallest absolute Gasteiger partial charge is 0.174 e. The van der Waals surface area contributed by atoms with Gasteiger partial charge in [-0.1, -0.05) is 24.3 Å². The van der Waals surface area contributed by atoms with E-state index in [0.29, 0.717) is 17.4 Å². The summed E-state index contributed by atoms with van der Waals surface area (Å²) in [6, 6.07) is 18.2. The molecule has 0 aromatic heterocycles. The lowest BCUT2D eigenvalue weighted by Crippen LogP contribution is -1.94. The van der Waals surface area contributed by atoms with Crippen LogP contribution in [0.4, 0.5) is 0 Å². The van der Waals surface area contributed by atoms with Crippen LogP contribution in [0, 0.1) is 22.7 Å². The van der Waals surface area contributed by atoms with E-state index in [-0.39, 0.29) is 19.8 Å². The molecule has 0 amide bonds. The molecule has 24 heavy (non-hydrogen) atoms. The Labute approximate surface area is 146 Å². The van der Waals surface area contributed by atoms with Crippen LogP contribution in [0.1, 0.15) is 11.1 Å². The Kier molecular flexibility index (Phi) is 9.49. The van der Waals surface area contributed by atoms with E-state index in [1.807, 2.05) is 30.3 Å². The van der Waals surface area contributed by atoms with E-state index in [0.717, 1.165) is 11.1 Å². The van der Waals surface area contributed by atoms with Crippen molar-refractivity contribution >= 4 is 11.6 Å². The lowest BCUT2D eigenvalue weighted by atomic mass is 10.2. The van der Waals surface area contributed by atoms with Gasteiger partial charge in [-0.05, 0) is 35.4 Å². The molecule has 5 nitrogen and oxygen atoms in total. The van der Waals surface area contributed by atoms with Gasteiger partial charge in [-0.3, -0.25) is 0 Å². The summed E-state index contributed by atoms with van der Waals surface area (Å²) in [7, 11) is 0. The Bertz CT molecular complexity index is 646. The van der Waals surface area contributed by atoms with Crippen molar-refractivity contribution in [1.82, 2.24) is 0 Å². The summed E-state index contributed by atoms with van der Waals surface area (Å²) in [5.41, 5.74) is 1.78. The van der Waals surface area contributed by atoms with Crippen LogP contribution in [0.2, 0.25) is 0 Å². The highest BCUT2D eigenvalue weighted by atomic mass is 35.5. The lowest BCUT2D eigenvalue weighted by molar-refractivity contribution is 0.280. The van der Waals surface area contributed by atoms with Gasteiger partial charge in [-0.15, -0.1) is 11.6 Å². The average Bonchev–Trinajstić information content (AvgIpc) is 2.65. The molecule has 1 N–H and O–H groups in total. The fourth-order valence-electron chi connectivity index (χ4n) is 1.68. The Morgan fingerprint density at radius 3 is 1.83 bits per heavy atom. The Balaban J connectivity index is 0.000000240. The van der Waals surface area contributed by atoms with Gasteiger partial charge in [0.15, 0.2) is 13.2 Å². The minimum absolute atomic E-state index is 0.0102. The van der Waals surface area contributed by atoms with Crippen molar-refractivity contribution in [3.05, 3.63) is 59.7 Å². The quantitative estimate of drug-likeness (QED) is 0.811. The molecular weight excluding hydrogens is 328 g/mol. The SMILES string of the molecule is N#CCOc1cccc(CCl)c1.N#CCOc1cccc(CO)c1. The second-order valence-electron chi connectivity index (χ2n) is 4.48. The van der Waals surface area contributed by atoms with Crippen LogP contribution in [0.15, 0.2) is 48.5 Å². The van der Waals surface area contributed by atoms with E-state index < -0.39 is 0 Å². The van der Waals surface area contributed by atoms with Crippen molar-refractivity contribution in [2.45, 2.75) is 12.5 Å². The van der Waals surface area contributed by atoms with Crippen LogP contribution in [0.5, 0.6) is 11.5 Å². The first-order valence-corrected chi connectivity index (χ1v) is 7.61. The van der Waals surface area contributed by atoms with E-state index in [1.54, 1.807) is 30.3 Å². The minimum Gasteiger partial charge on any atom is -0.479 e. The molecular formula is C18H17ClN2O3. The minimum atomic E-state index is -0.0102. The summed E-state index contributed by atoms with van der Waals surface area (Å²) in [6.45, 7) is 0.102. The molecule has 0 saturated heterocycles. The van der Waals surface area contributed by atoms with Gasteiger partial charge in [-0.2, -0.15) is 10.5 Å². The number of nitrogens with zero attached hydrogens (tertiary/aromatic N) is 2. The molecule has 0 radical (unpaired) electrons. The van der Waals surface area contributed by atoms with Crippen LogP contribution in [0.3, 0.4) is 0 Å². The van der Waals surface area contributed by atoms with Gasteiger partial charge in [0.1, 0.15) is 23.6 Å². The van der Waals surface area contributed by atoms with E-state index in [4.69, 9.17) is 36.7 Å². The molecule has 0 saturated carbocycles. The van der Waals surface area contributed by atoms with Crippen molar-refractivity contribution in [1.29, 1.82) is 10.5 Å². The molecule has 0 heterocycles. The maximum absolute atomic E-state index is 8.77. The standard InChI is InChI=1S/C9H8ClNO.C9H9NO2/c10-7-8-2-1-3-9(6-8)12-5-4-11;10-4-5-12-9-3-1-2-8(6-9)7-11/h1-3,6H,5,7H2;1-3,6,11H,5,7H2. The summed E-state index contributed by atoms with van der Waals surface area (Å²) < 4.78 is 10.1. The summed E-state index contributed by atoms with van der Waals surface area (Å²) in [4.78, 5) is 0.